The van der Waals surface area contributed by atoms with E-state index in [0.717, 1.165) is 4.47 Å². The maximum atomic E-state index is 12.2. The summed E-state index contributed by atoms with van der Waals surface area (Å²) < 4.78 is 16.8. The van der Waals surface area contributed by atoms with Gasteiger partial charge in [0.05, 0.1) is 7.11 Å². The molecule has 1 aliphatic rings. The zero-order valence-corrected chi connectivity index (χ0v) is 17.0. The van der Waals surface area contributed by atoms with Crippen molar-refractivity contribution in [3.05, 3.63) is 63.8 Å². The van der Waals surface area contributed by atoms with E-state index < -0.39 is 5.97 Å². The molecule has 7 heteroatoms. The summed E-state index contributed by atoms with van der Waals surface area (Å²) >= 11 is 3.36. The van der Waals surface area contributed by atoms with E-state index in [-0.39, 0.29) is 17.6 Å². The van der Waals surface area contributed by atoms with E-state index in [9.17, 15) is 9.59 Å². The van der Waals surface area contributed by atoms with Crippen molar-refractivity contribution in [3.63, 3.8) is 0 Å². The number of hydrogen-bond donors (Lipinski definition) is 0. The normalized spacial score (nSPS) is 14.6. The number of carbonyl (C=O) groups is 2. The molecule has 28 heavy (non-hydrogen) atoms. The van der Waals surface area contributed by atoms with Crippen LogP contribution in [0.15, 0.2) is 57.6 Å². The van der Waals surface area contributed by atoms with E-state index in [1.54, 1.807) is 24.3 Å². The standard InChI is InChI=1S/C21H18BrNO5/c1-3-4-19(24)27-17-10-5-13(12-18(17)26-2)11-16-21(25)28-20(23-16)14-6-8-15(22)9-7-14/h5-12H,3-4H2,1-2H3/b16-11-. The highest BCUT2D eigenvalue weighted by molar-refractivity contribution is 9.10. The first-order valence-electron chi connectivity index (χ1n) is 8.67. The molecule has 2 aromatic rings. The highest BCUT2D eigenvalue weighted by atomic mass is 79.9. The Bertz CT molecular complexity index is 963. The van der Waals surface area contributed by atoms with Gasteiger partial charge in [-0.15, -0.1) is 0 Å². The summed E-state index contributed by atoms with van der Waals surface area (Å²) in [5.41, 5.74) is 1.55. The Labute approximate surface area is 171 Å². The van der Waals surface area contributed by atoms with Crippen LogP contribution in [0.1, 0.15) is 30.9 Å². The molecule has 0 spiro atoms. The fourth-order valence-electron chi connectivity index (χ4n) is 2.52. The molecular weight excluding hydrogens is 426 g/mol. The smallest absolute Gasteiger partial charge is 0.363 e. The lowest BCUT2D eigenvalue weighted by molar-refractivity contribution is -0.134. The SMILES string of the molecule is CCCC(=O)Oc1ccc(/C=C2\N=C(c3ccc(Br)cc3)OC2=O)cc1OC. The number of nitrogens with zero attached hydrogens (tertiary/aromatic N) is 1. The van der Waals surface area contributed by atoms with Crippen LogP contribution < -0.4 is 9.47 Å². The topological polar surface area (TPSA) is 74.2 Å². The van der Waals surface area contributed by atoms with Crippen molar-refractivity contribution in [2.75, 3.05) is 7.11 Å². The van der Waals surface area contributed by atoms with Crippen molar-refractivity contribution in [3.8, 4) is 11.5 Å². The zero-order valence-electron chi connectivity index (χ0n) is 15.4. The van der Waals surface area contributed by atoms with Crippen molar-refractivity contribution in [1.29, 1.82) is 0 Å². The molecule has 2 aromatic carbocycles. The number of rotatable bonds is 6. The van der Waals surface area contributed by atoms with Gasteiger partial charge in [-0.05, 0) is 54.5 Å². The average Bonchev–Trinajstić information content (AvgIpc) is 3.04. The highest BCUT2D eigenvalue weighted by Crippen LogP contribution is 2.30. The molecule has 0 aliphatic carbocycles. The summed E-state index contributed by atoms with van der Waals surface area (Å²) in [6, 6.07) is 12.3. The summed E-state index contributed by atoms with van der Waals surface area (Å²) in [6.45, 7) is 1.90. The summed E-state index contributed by atoms with van der Waals surface area (Å²) in [4.78, 5) is 28.1. The molecule has 0 bridgehead atoms. The number of benzene rings is 2. The number of ether oxygens (including phenoxy) is 3. The monoisotopic (exact) mass is 443 g/mol. The minimum atomic E-state index is -0.532. The van der Waals surface area contributed by atoms with Gasteiger partial charge in [0.2, 0.25) is 5.90 Å². The quantitative estimate of drug-likeness (QED) is 0.373. The van der Waals surface area contributed by atoms with Crippen molar-refractivity contribution in [2.24, 2.45) is 4.99 Å². The minimum Gasteiger partial charge on any atom is -0.493 e. The molecule has 1 aliphatic heterocycles. The van der Waals surface area contributed by atoms with Crippen LogP contribution in [0.25, 0.3) is 6.08 Å². The summed E-state index contributed by atoms with van der Waals surface area (Å²) in [5.74, 6) is 0.115. The Hall–Kier alpha value is -2.93. The predicted octanol–water partition coefficient (Wildman–Crippen LogP) is 4.51. The molecule has 0 atom stereocenters. The highest BCUT2D eigenvalue weighted by Gasteiger charge is 2.24. The fraction of sp³-hybridized carbons (Fsp3) is 0.190. The van der Waals surface area contributed by atoms with Gasteiger partial charge in [0.25, 0.3) is 0 Å². The van der Waals surface area contributed by atoms with Crippen molar-refractivity contribution in [2.45, 2.75) is 19.8 Å². The molecule has 0 unspecified atom stereocenters. The van der Waals surface area contributed by atoms with Crippen molar-refractivity contribution in [1.82, 2.24) is 0 Å². The van der Waals surface area contributed by atoms with Crippen LogP contribution in [0.5, 0.6) is 11.5 Å². The molecule has 3 rings (SSSR count). The van der Waals surface area contributed by atoms with Gasteiger partial charge in [0.15, 0.2) is 17.2 Å². The van der Waals surface area contributed by atoms with Gasteiger partial charge in [0, 0.05) is 16.5 Å². The molecule has 0 N–H and O–H groups in total. The lowest BCUT2D eigenvalue weighted by atomic mass is 10.1. The first-order chi connectivity index (χ1) is 13.5. The molecule has 1 heterocycles. The van der Waals surface area contributed by atoms with Crippen LogP contribution in [-0.2, 0) is 14.3 Å². The van der Waals surface area contributed by atoms with Crippen LogP contribution in [0.4, 0.5) is 0 Å². The fourth-order valence-corrected chi connectivity index (χ4v) is 2.78. The zero-order chi connectivity index (χ0) is 20.1. The molecule has 0 saturated heterocycles. The van der Waals surface area contributed by atoms with Crippen LogP contribution in [-0.4, -0.2) is 24.9 Å². The lowest BCUT2D eigenvalue weighted by Gasteiger charge is -2.09. The van der Waals surface area contributed by atoms with E-state index in [1.807, 2.05) is 31.2 Å². The molecule has 144 valence electrons. The molecule has 0 amide bonds. The second kappa shape index (κ2) is 8.84. The van der Waals surface area contributed by atoms with Gasteiger partial charge in [-0.3, -0.25) is 4.79 Å². The molecule has 0 radical (unpaired) electrons. The Kier molecular flexibility index (Phi) is 6.26. The largest absolute Gasteiger partial charge is 0.493 e. The number of halogens is 1. The van der Waals surface area contributed by atoms with Crippen LogP contribution in [0.2, 0.25) is 0 Å². The Morgan fingerprint density at radius 1 is 1.18 bits per heavy atom. The van der Waals surface area contributed by atoms with Gasteiger partial charge < -0.3 is 14.2 Å². The Balaban J connectivity index is 1.85. The van der Waals surface area contributed by atoms with E-state index in [2.05, 4.69) is 20.9 Å². The van der Waals surface area contributed by atoms with Gasteiger partial charge in [-0.1, -0.05) is 28.9 Å². The Morgan fingerprint density at radius 2 is 1.93 bits per heavy atom. The Morgan fingerprint density at radius 3 is 2.61 bits per heavy atom. The van der Waals surface area contributed by atoms with Gasteiger partial charge in [-0.25, -0.2) is 9.79 Å². The van der Waals surface area contributed by atoms with Gasteiger partial charge in [0.1, 0.15) is 0 Å². The van der Waals surface area contributed by atoms with Crippen molar-refractivity contribution < 1.29 is 23.8 Å². The maximum absolute atomic E-state index is 12.2. The number of cyclic esters (lactones) is 1. The van der Waals surface area contributed by atoms with E-state index in [0.29, 0.717) is 35.5 Å². The number of carbonyl (C=O) groups excluding carboxylic acids is 2. The minimum absolute atomic E-state index is 0.177. The number of methoxy groups -OCH3 is 1. The maximum Gasteiger partial charge on any atom is 0.363 e. The first kappa shape index (κ1) is 19.8. The van der Waals surface area contributed by atoms with Crippen LogP contribution >= 0.6 is 15.9 Å². The number of aliphatic imine (C=N–C) groups is 1. The summed E-state index contributed by atoms with van der Waals surface area (Å²) in [6.07, 6.45) is 2.62. The number of esters is 2. The van der Waals surface area contributed by atoms with E-state index in [1.165, 1.54) is 7.11 Å². The summed E-state index contributed by atoms with van der Waals surface area (Å²) in [7, 11) is 1.48. The van der Waals surface area contributed by atoms with Gasteiger partial charge in [-0.2, -0.15) is 0 Å². The average molecular weight is 444 g/mol. The summed E-state index contributed by atoms with van der Waals surface area (Å²) in [5, 5.41) is 0. The predicted molar refractivity (Wildman–Crippen MR) is 108 cm³/mol. The van der Waals surface area contributed by atoms with Crippen LogP contribution in [0.3, 0.4) is 0 Å². The van der Waals surface area contributed by atoms with E-state index in [4.69, 9.17) is 14.2 Å². The third-order valence-electron chi connectivity index (χ3n) is 3.88. The number of hydrogen-bond acceptors (Lipinski definition) is 6. The van der Waals surface area contributed by atoms with Gasteiger partial charge >= 0.3 is 11.9 Å². The molecule has 0 fully saturated rings. The second-order valence-electron chi connectivity index (χ2n) is 5.98. The molecule has 0 saturated carbocycles. The third kappa shape index (κ3) is 4.67. The molecule has 0 aromatic heterocycles. The third-order valence-corrected chi connectivity index (χ3v) is 4.41. The molecule has 6 nitrogen and oxygen atoms in total. The van der Waals surface area contributed by atoms with Crippen LogP contribution in [0, 0.1) is 0 Å². The second-order valence-corrected chi connectivity index (χ2v) is 6.89. The van der Waals surface area contributed by atoms with Crippen molar-refractivity contribution >= 4 is 39.8 Å². The van der Waals surface area contributed by atoms with E-state index >= 15 is 0 Å². The molecular formula is C21H18BrNO5. The lowest BCUT2D eigenvalue weighted by Crippen LogP contribution is -2.07. The first-order valence-corrected chi connectivity index (χ1v) is 9.46.